The minimum atomic E-state index is -0.641. The van der Waals surface area contributed by atoms with Gasteiger partial charge in [0.05, 0.1) is 6.04 Å². The van der Waals surface area contributed by atoms with Crippen molar-refractivity contribution in [3.8, 4) is 11.5 Å². The summed E-state index contributed by atoms with van der Waals surface area (Å²) < 4.78 is 14.5. The van der Waals surface area contributed by atoms with E-state index in [1.165, 1.54) is 35.2 Å². The van der Waals surface area contributed by atoms with Gasteiger partial charge in [0.25, 0.3) is 5.91 Å². The molecule has 3 N–H and O–H groups in total. The van der Waals surface area contributed by atoms with Gasteiger partial charge < -0.3 is 15.5 Å². The summed E-state index contributed by atoms with van der Waals surface area (Å²) in [6, 6.07) is 18.2. The van der Waals surface area contributed by atoms with E-state index in [0.717, 1.165) is 0 Å². The molecule has 5 nitrogen and oxygen atoms in total. The van der Waals surface area contributed by atoms with Gasteiger partial charge in [0.1, 0.15) is 23.0 Å². The predicted molar refractivity (Wildman–Crippen MR) is 105 cm³/mol. The van der Waals surface area contributed by atoms with Crippen molar-refractivity contribution < 1.29 is 19.4 Å². The van der Waals surface area contributed by atoms with Gasteiger partial charge in [-0.2, -0.15) is 0 Å². The molecule has 1 heterocycles. The monoisotopic (exact) mass is 376 g/mol. The smallest absolute Gasteiger partial charge is 0.275 e. The highest BCUT2D eigenvalue weighted by molar-refractivity contribution is 6.11. The van der Waals surface area contributed by atoms with Crippen LogP contribution in [0.15, 0.2) is 84.6 Å². The average molecular weight is 376 g/mol. The number of hydrogen-bond donors (Lipinski definition) is 3. The van der Waals surface area contributed by atoms with Gasteiger partial charge in [-0.25, -0.2) is 4.39 Å². The van der Waals surface area contributed by atoms with Gasteiger partial charge in [0, 0.05) is 16.9 Å². The zero-order valence-electron chi connectivity index (χ0n) is 14.7. The van der Waals surface area contributed by atoms with Crippen LogP contribution in [0.5, 0.6) is 11.5 Å². The Balaban J connectivity index is 1.74. The van der Waals surface area contributed by atoms with Crippen LogP contribution in [-0.2, 0) is 4.79 Å². The molecule has 1 atom stereocenters. The molecule has 3 aromatic rings. The van der Waals surface area contributed by atoms with Crippen molar-refractivity contribution >= 4 is 17.3 Å². The Morgan fingerprint density at radius 1 is 0.857 bits per heavy atom. The lowest BCUT2D eigenvalue weighted by atomic mass is 10.1. The summed E-state index contributed by atoms with van der Waals surface area (Å²) in [6.07, 6.45) is 1.67. The van der Waals surface area contributed by atoms with Gasteiger partial charge in [0.2, 0.25) is 0 Å². The number of nitrogens with zero attached hydrogens (tertiary/aromatic N) is 1. The van der Waals surface area contributed by atoms with Crippen LogP contribution in [0.3, 0.4) is 0 Å². The van der Waals surface area contributed by atoms with Gasteiger partial charge in [-0.15, -0.1) is 0 Å². The first-order valence-electron chi connectivity index (χ1n) is 8.68. The van der Waals surface area contributed by atoms with Crippen molar-refractivity contribution in [2.24, 2.45) is 0 Å². The molecule has 0 aromatic heterocycles. The third kappa shape index (κ3) is 3.27. The molecule has 0 aliphatic carbocycles. The SMILES string of the molecule is O=C1C(Nc2ccc(O)cc2)=CC(c2ccccc2F)N1c1ccc(O)cc1. The summed E-state index contributed by atoms with van der Waals surface area (Å²) in [6.45, 7) is 0. The Morgan fingerprint density at radius 3 is 2.11 bits per heavy atom. The zero-order chi connectivity index (χ0) is 19.7. The summed E-state index contributed by atoms with van der Waals surface area (Å²) in [5.41, 5.74) is 1.82. The summed E-state index contributed by atoms with van der Waals surface area (Å²) >= 11 is 0. The van der Waals surface area contributed by atoms with E-state index in [1.54, 1.807) is 48.5 Å². The van der Waals surface area contributed by atoms with Crippen molar-refractivity contribution in [2.75, 3.05) is 10.2 Å². The number of carbonyl (C=O) groups excluding carboxylic acids is 1. The molecule has 28 heavy (non-hydrogen) atoms. The summed E-state index contributed by atoms with van der Waals surface area (Å²) in [5, 5.41) is 22.0. The molecule has 4 rings (SSSR count). The quantitative estimate of drug-likeness (QED) is 0.593. The van der Waals surface area contributed by atoms with Crippen LogP contribution in [0.1, 0.15) is 11.6 Å². The minimum absolute atomic E-state index is 0.0771. The first kappa shape index (κ1) is 17.6. The van der Waals surface area contributed by atoms with Gasteiger partial charge in [-0.05, 0) is 60.7 Å². The average Bonchev–Trinajstić information content (AvgIpc) is 3.01. The Hall–Kier alpha value is -3.80. The second-order valence-corrected chi connectivity index (χ2v) is 6.41. The summed E-state index contributed by atoms with van der Waals surface area (Å²) in [7, 11) is 0. The number of benzene rings is 3. The largest absolute Gasteiger partial charge is 0.508 e. The fraction of sp³-hybridized carbons (Fsp3) is 0.0455. The maximum atomic E-state index is 14.5. The lowest BCUT2D eigenvalue weighted by Crippen LogP contribution is -2.31. The number of phenolic OH excluding ortho intramolecular Hbond substituents is 2. The topological polar surface area (TPSA) is 72.8 Å². The van der Waals surface area contributed by atoms with Crippen molar-refractivity contribution in [2.45, 2.75) is 6.04 Å². The number of halogens is 1. The van der Waals surface area contributed by atoms with E-state index in [-0.39, 0.29) is 17.4 Å². The molecule has 0 bridgehead atoms. The summed E-state index contributed by atoms with van der Waals surface area (Å²) in [5.74, 6) is -0.543. The van der Waals surface area contributed by atoms with E-state index in [0.29, 0.717) is 22.6 Å². The van der Waals surface area contributed by atoms with Gasteiger partial charge >= 0.3 is 0 Å². The zero-order valence-corrected chi connectivity index (χ0v) is 14.7. The van der Waals surface area contributed by atoms with E-state index in [9.17, 15) is 19.4 Å². The van der Waals surface area contributed by atoms with Crippen LogP contribution in [0, 0.1) is 5.82 Å². The molecule has 0 radical (unpaired) electrons. The van der Waals surface area contributed by atoms with Gasteiger partial charge in [0.15, 0.2) is 0 Å². The molecule has 1 aliphatic rings. The third-order valence-corrected chi connectivity index (χ3v) is 4.55. The Labute approximate surface area is 161 Å². The normalized spacial score (nSPS) is 16.2. The molecule has 0 fully saturated rings. The predicted octanol–water partition coefficient (Wildman–Crippen LogP) is 4.32. The molecule has 3 aromatic carbocycles. The van der Waals surface area contributed by atoms with Crippen LogP contribution < -0.4 is 10.2 Å². The van der Waals surface area contributed by atoms with Gasteiger partial charge in [-0.1, -0.05) is 18.2 Å². The highest BCUT2D eigenvalue weighted by atomic mass is 19.1. The van der Waals surface area contributed by atoms with Crippen molar-refractivity contribution in [3.63, 3.8) is 0 Å². The molecule has 1 unspecified atom stereocenters. The van der Waals surface area contributed by atoms with Crippen molar-refractivity contribution in [1.82, 2.24) is 0 Å². The van der Waals surface area contributed by atoms with Crippen molar-refractivity contribution in [1.29, 1.82) is 0 Å². The second-order valence-electron chi connectivity index (χ2n) is 6.41. The molecular weight excluding hydrogens is 359 g/mol. The van der Waals surface area contributed by atoms with Crippen LogP contribution >= 0.6 is 0 Å². The Bertz CT molecular complexity index is 1050. The first-order chi connectivity index (χ1) is 13.5. The molecule has 0 spiro atoms. The van der Waals surface area contributed by atoms with Gasteiger partial charge in [-0.3, -0.25) is 9.69 Å². The number of phenols is 2. The highest BCUT2D eigenvalue weighted by Gasteiger charge is 2.36. The second kappa shape index (κ2) is 7.08. The minimum Gasteiger partial charge on any atom is -0.508 e. The standard InChI is InChI=1S/C22H17FN2O3/c23-19-4-2-1-3-18(19)21-13-20(24-14-5-9-16(26)10-6-14)22(28)25(21)15-7-11-17(27)12-8-15/h1-13,21,24,26-27H. The number of amides is 1. The first-order valence-corrected chi connectivity index (χ1v) is 8.68. The van der Waals surface area contributed by atoms with E-state index < -0.39 is 11.9 Å². The van der Waals surface area contributed by atoms with Crippen molar-refractivity contribution in [3.05, 3.63) is 96.0 Å². The highest BCUT2D eigenvalue weighted by Crippen LogP contribution is 2.37. The molecule has 1 aliphatic heterocycles. The van der Waals surface area contributed by atoms with E-state index >= 15 is 0 Å². The number of rotatable bonds is 4. The van der Waals surface area contributed by atoms with Crippen LogP contribution in [-0.4, -0.2) is 16.1 Å². The lowest BCUT2D eigenvalue weighted by molar-refractivity contribution is -0.114. The molecule has 0 saturated heterocycles. The van der Waals surface area contributed by atoms with E-state index in [4.69, 9.17) is 0 Å². The number of nitrogens with one attached hydrogen (secondary N) is 1. The van der Waals surface area contributed by atoms with Crippen LogP contribution in [0.4, 0.5) is 15.8 Å². The number of hydrogen-bond acceptors (Lipinski definition) is 4. The number of anilines is 2. The van der Waals surface area contributed by atoms with Crippen LogP contribution in [0.25, 0.3) is 0 Å². The Kier molecular flexibility index (Phi) is 4.45. The number of carbonyl (C=O) groups is 1. The molecular formula is C22H17FN2O3. The van der Waals surface area contributed by atoms with Crippen LogP contribution in [0.2, 0.25) is 0 Å². The fourth-order valence-corrected chi connectivity index (χ4v) is 3.19. The fourth-order valence-electron chi connectivity index (χ4n) is 3.19. The molecule has 0 saturated carbocycles. The molecule has 1 amide bonds. The lowest BCUT2D eigenvalue weighted by Gasteiger charge is -2.25. The maximum absolute atomic E-state index is 14.5. The molecule has 140 valence electrons. The van der Waals surface area contributed by atoms with E-state index in [1.807, 2.05) is 0 Å². The maximum Gasteiger partial charge on any atom is 0.275 e. The summed E-state index contributed by atoms with van der Waals surface area (Å²) in [4.78, 5) is 14.6. The Morgan fingerprint density at radius 2 is 1.46 bits per heavy atom. The number of aromatic hydroxyl groups is 2. The third-order valence-electron chi connectivity index (χ3n) is 4.55. The molecule has 6 heteroatoms. The van der Waals surface area contributed by atoms with E-state index in [2.05, 4.69) is 5.32 Å².